The maximum atomic E-state index is 15.0. The summed E-state index contributed by atoms with van der Waals surface area (Å²) in [7, 11) is 0. The molecule has 1 aliphatic carbocycles. The first-order valence-corrected chi connectivity index (χ1v) is 22.6. The van der Waals surface area contributed by atoms with Gasteiger partial charge in [0.15, 0.2) is 43.0 Å². The number of nitrogens with zero attached hydrogens (tertiary/aromatic N) is 1. The normalized spacial score (nSPS) is 25.1. The van der Waals surface area contributed by atoms with Gasteiger partial charge in [-0.25, -0.2) is 9.59 Å². The number of carbonyl (C=O) groups excluding carboxylic acids is 9. The zero-order valence-corrected chi connectivity index (χ0v) is 40.9. The molecule has 23 heteroatoms. The molecule has 0 saturated carbocycles. The predicted molar refractivity (Wildman–Crippen MR) is 239 cm³/mol. The molecular formula is C48H60N2O21. The van der Waals surface area contributed by atoms with Gasteiger partial charge in [0, 0.05) is 54.4 Å². The maximum absolute atomic E-state index is 15.0. The van der Waals surface area contributed by atoms with E-state index in [9.17, 15) is 43.5 Å². The number of nitrogens with one attached hydrogen (secondary N) is 1. The molecule has 0 bridgehead atoms. The molecule has 2 aromatic rings. The first kappa shape index (κ1) is 55.2. The van der Waals surface area contributed by atoms with Gasteiger partial charge in [0.25, 0.3) is 0 Å². The van der Waals surface area contributed by atoms with Gasteiger partial charge in [-0.1, -0.05) is 48.5 Å². The molecule has 2 fully saturated rings. The lowest BCUT2D eigenvalue weighted by Crippen LogP contribution is -2.73. The highest BCUT2D eigenvalue weighted by Crippen LogP contribution is 2.45. The lowest BCUT2D eigenvalue weighted by Gasteiger charge is -2.51. The van der Waals surface area contributed by atoms with Crippen LogP contribution in [-0.2, 0) is 90.5 Å². The quantitative estimate of drug-likeness (QED) is 0.169. The number of hydrogen-bond donors (Lipinski definition) is 2. The SMILES string of the molecule is CC(=O)NC1C(OC2OC(COC(C)=O)C(OC(C)=O)C(OC(C)=O)C2OC(C)=O)C(OC(C)=O)C(COC(C)=O)OC1N(C(=O)OCC1c2ccccc2-c2ccccc21)C(CO)C(=O)OC(C)(C)C. The molecular weight excluding hydrogens is 941 g/mol. The van der Waals surface area contributed by atoms with E-state index in [4.69, 9.17) is 52.1 Å². The van der Waals surface area contributed by atoms with Crippen LogP contribution in [0.1, 0.15) is 86.3 Å². The Hall–Kier alpha value is -6.69. The number of rotatable bonds is 17. The number of aliphatic hydroxyl groups excluding tert-OH is 1. The summed E-state index contributed by atoms with van der Waals surface area (Å²) in [4.78, 5) is 119. The van der Waals surface area contributed by atoms with Gasteiger partial charge in [-0.2, -0.15) is 0 Å². The van der Waals surface area contributed by atoms with Crippen LogP contribution in [0.25, 0.3) is 11.1 Å². The lowest BCUT2D eigenvalue weighted by molar-refractivity contribution is -0.339. The molecule has 11 unspecified atom stereocenters. The number of aliphatic hydroxyl groups is 1. The van der Waals surface area contributed by atoms with Crippen molar-refractivity contribution >= 4 is 53.8 Å². The van der Waals surface area contributed by atoms with Crippen molar-refractivity contribution < 1.29 is 100 Å². The van der Waals surface area contributed by atoms with E-state index in [-0.39, 0.29) is 6.61 Å². The lowest BCUT2D eigenvalue weighted by atomic mass is 9.93. The van der Waals surface area contributed by atoms with Gasteiger partial charge in [0.05, 0.1) is 6.61 Å². The van der Waals surface area contributed by atoms with Gasteiger partial charge in [-0.15, -0.1) is 0 Å². The number of esters is 7. The van der Waals surface area contributed by atoms with Gasteiger partial charge in [-0.05, 0) is 43.0 Å². The van der Waals surface area contributed by atoms with Crippen LogP contribution < -0.4 is 5.32 Å². The van der Waals surface area contributed by atoms with E-state index in [1.807, 2.05) is 48.5 Å². The molecule has 2 amide bonds. The third-order valence-electron chi connectivity index (χ3n) is 11.0. The molecule has 2 N–H and O–H groups in total. The van der Waals surface area contributed by atoms with Gasteiger partial charge in [-0.3, -0.25) is 38.5 Å². The Kier molecular flexibility index (Phi) is 18.6. The monoisotopic (exact) mass is 1000 g/mol. The highest BCUT2D eigenvalue weighted by atomic mass is 16.7. The molecule has 71 heavy (non-hydrogen) atoms. The third-order valence-corrected chi connectivity index (χ3v) is 11.0. The highest BCUT2D eigenvalue weighted by Gasteiger charge is 2.59. The second kappa shape index (κ2) is 23.9. The average Bonchev–Trinajstić information content (AvgIpc) is 3.58. The van der Waals surface area contributed by atoms with E-state index in [1.54, 1.807) is 0 Å². The summed E-state index contributed by atoms with van der Waals surface area (Å²) in [6.45, 7) is 8.84. The number of ether oxygens (including phenoxy) is 11. The van der Waals surface area contributed by atoms with E-state index in [0.717, 1.165) is 70.7 Å². The number of fused-ring (bicyclic) bond motifs is 3. The van der Waals surface area contributed by atoms with Crippen LogP contribution in [-0.4, -0.2) is 163 Å². The van der Waals surface area contributed by atoms with Crippen molar-refractivity contribution in [2.75, 3.05) is 26.4 Å². The number of amides is 2. The Morgan fingerprint density at radius 3 is 1.54 bits per heavy atom. The van der Waals surface area contributed by atoms with Crippen LogP contribution in [0.3, 0.4) is 0 Å². The van der Waals surface area contributed by atoms with Crippen LogP contribution in [0.4, 0.5) is 4.79 Å². The fourth-order valence-electron chi connectivity index (χ4n) is 8.55. The molecule has 0 aromatic heterocycles. The molecule has 388 valence electrons. The fraction of sp³-hybridized carbons (Fsp3) is 0.562. The molecule has 2 saturated heterocycles. The standard InChI is InChI=1S/C48H60N2O21/c1-23(52)49-38-41(70-46-43(67-29(7)58)42(66-28(6)57)40(65-27(5)56)37(69-46)22-62-25(3)54)39(64-26(4)55)36(21-61-24(2)53)68-44(38)50(35(19-51)45(59)71-48(8,9)10)47(60)63-20-34-32-17-13-11-15-30(32)31-16-12-14-18-33(31)34/h11-18,34-44,46,51H,19-22H2,1-10H3,(H,49,52). The molecule has 5 rings (SSSR count). The topological polar surface area (TPSA) is 291 Å². The van der Waals surface area contributed by atoms with Gasteiger partial charge < -0.3 is 62.5 Å². The summed E-state index contributed by atoms with van der Waals surface area (Å²) in [5, 5.41) is 13.7. The van der Waals surface area contributed by atoms with Gasteiger partial charge in [0.1, 0.15) is 49.8 Å². The van der Waals surface area contributed by atoms with Crippen LogP contribution in [0.15, 0.2) is 48.5 Å². The number of hydrogen-bond acceptors (Lipinski definition) is 21. The van der Waals surface area contributed by atoms with Crippen molar-refractivity contribution in [2.24, 2.45) is 0 Å². The van der Waals surface area contributed by atoms with E-state index >= 15 is 4.79 Å². The summed E-state index contributed by atoms with van der Waals surface area (Å²) < 4.78 is 64.0. The van der Waals surface area contributed by atoms with Crippen LogP contribution in [0, 0.1) is 0 Å². The largest absolute Gasteiger partial charge is 0.463 e. The van der Waals surface area contributed by atoms with Crippen LogP contribution in [0.2, 0.25) is 0 Å². The van der Waals surface area contributed by atoms with Crippen LogP contribution >= 0.6 is 0 Å². The number of carbonyl (C=O) groups is 9. The summed E-state index contributed by atoms with van der Waals surface area (Å²) in [5.74, 6) is -8.14. The van der Waals surface area contributed by atoms with Gasteiger partial charge >= 0.3 is 47.9 Å². The molecule has 2 aromatic carbocycles. The second-order valence-corrected chi connectivity index (χ2v) is 17.8. The minimum atomic E-state index is -2.03. The zero-order valence-electron chi connectivity index (χ0n) is 40.9. The Morgan fingerprint density at radius 2 is 1.07 bits per heavy atom. The van der Waals surface area contributed by atoms with Crippen molar-refractivity contribution in [3.63, 3.8) is 0 Å². The smallest absolute Gasteiger partial charge is 0.412 e. The van der Waals surface area contributed by atoms with Crippen LogP contribution in [0.5, 0.6) is 0 Å². The summed E-state index contributed by atoms with van der Waals surface area (Å²) >= 11 is 0. The molecule has 2 heterocycles. The molecule has 3 aliphatic rings. The molecule has 0 spiro atoms. The van der Waals surface area contributed by atoms with Crippen molar-refractivity contribution in [1.29, 1.82) is 0 Å². The Labute approximate surface area is 408 Å². The average molecular weight is 1000 g/mol. The zero-order chi connectivity index (χ0) is 52.5. The molecule has 0 radical (unpaired) electrons. The minimum Gasteiger partial charge on any atom is -0.463 e. The Balaban J connectivity index is 1.71. The first-order chi connectivity index (χ1) is 33.4. The maximum Gasteiger partial charge on any atom is 0.412 e. The van der Waals surface area contributed by atoms with E-state index in [0.29, 0.717) is 4.90 Å². The Bertz CT molecular complexity index is 2270. The second-order valence-electron chi connectivity index (χ2n) is 17.8. The van der Waals surface area contributed by atoms with E-state index in [2.05, 4.69) is 5.32 Å². The molecule has 11 atom stereocenters. The third kappa shape index (κ3) is 14.2. The van der Waals surface area contributed by atoms with Gasteiger partial charge in [0.2, 0.25) is 5.91 Å². The number of benzene rings is 2. The summed E-state index contributed by atoms with van der Waals surface area (Å²) in [5.41, 5.74) is 2.19. The summed E-state index contributed by atoms with van der Waals surface area (Å²) in [6, 6.07) is 11.1. The minimum absolute atomic E-state index is 0.342. The van der Waals surface area contributed by atoms with E-state index in [1.165, 1.54) is 20.8 Å². The predicted octanol–water partition coefficient (Wildman–Crippen LogP) is 2.13. The molecule has 2 aliphatic heterocycles. The van der Waals surface area contributed by atoms with Crippen molar-refractivity contribution in [2.45, 2.75) is 148 Å². The first-order valence-electron chi connectivity index (χ1n) is 22.6. The van der Waals surface area contributed by atoms with Crippen molar-refractivity contribution in [3.8, 4) is 11.1 Å². The summed E-state index contributed by atoms with van der Waals surface area (Å²) in [6.07, 6.45) is -17.6. The van der Waals surface area contributed by atoms with E-state index < -0.39 is 152 Å². The van der Waals surface area contributed by atoms with Crippen molar-refractivity contribution in [1.82, 2.24) is 10.2 Å². The fourth-order valence-corrected chi connectivity index (χ4v) is 8.55. The Morgan fingerprint density at radius 1 is 0.606 bits per heavy atom. The van der Waals surface area contributed by atoms with Crippen molar-refractivity contribution in [3.05, 3.63) is 59.7 Å². The molecule has 23 nitrogen and oxygen atoms in total. The highest BCUT2D eigenvalue weighted by molar-refractivity contribution is 5.83.